The lowest BCUT2D eigenvalue weighted by atomic mass is 9.99. The van der Waals surface area contributed by atoms with Crippen LogP contribution in [0.2, 0.25) is 0 Å². The topological polar surface area (TPSA) is 45.2 Å². The van der Waals surface area contributed by atoms with Crippen molar-refractivity contribution in [2.45, 2.75) is 26.2 Å². The first kappa shape index (κ1) is 16.4. The maximum atomic E-state index is 12.9. The van der Waals surface area contributed by atoms with E-state index in [1.54, 1.807) is 18.3 Å². The van der Waals surface area contributed by atoms with E-state index in [0.717, 1.165) is 30.4 Å². The van der Waals surface area contributed by atoms with Crippen molar-refractivity contribution in [2.75, 3.05) is 23.3 Å². The molecule has 3 rings (SSSR count). The van der Waals surface area contributed by atoms with Crippen molar-refractivity contribution in [1.82, 2.24) is 4.98 Å². The normalized spacial score (nSPS) is 15.3. The van der Waals surface area contributed by atoms with Crippen molar-refractivity contribution < 1.29 is 9.18 Å². The fourth-order valence-corrected chi connectivity index (χ4v) is 2.88. The molecule has 0 unspecified atom stereocenters. The lowest BCUT2D eigenvalue weighted by molar-refractivity contribution is -0.115. The third-order valence-corrected chi connectivity index (χ3v) is 4.42. The van der Waals surface area contributed by atoms with Crippen LogP contribution in [0.1, 0.15) is 25.3 Å². The molecule has 4 nitrogen and oxygen atoms in total. The summed E-state index contributed by atoms with van der Waals surface area (Å²) in [4.78, 5) is 18.8. The standard InChI is InChI=1S/C19H22FN3O/c1-14-8-10-23(11-9-14)18-7-6-17(13-21-18)22-19(24)12-15-2-4-16(20)5-3-15/h2-7,13-14H,8-12H2,1H3,(H,22,24). The molecule has 1 aromatic carbocycles. The van der Waals surface area contributed by atoms with Crippen LogP contribution in [0.25, 0.3) is 0 Å². The predicted octanol–water partition coefficient (Wildman–Crippen LogP) is 3.64. The molecule has 0 atom stereocenters. The molecule has 1 amide bonds. The Hall–Kier alpha value is -2.43. The SMILES string of the molecule is CC1CCN(c2ccc(NC(=O)Cc3ccc(F)cc3)cn2)CC1. The highest BCUT2D eigenvalue weighted by molar-refractivity contribution is 5.92. The summed E-state index contributed by atoms with van der Waals surface area (Å²) >= 11 is 0. The van der Waals surface area contributed by atoms with Crippen molar-refractivity contribution in [3.63, 3.8) is 0 Å². The minimum absolute atomic E-state index is 0.136. The van der Waals surface area contributed by atoms with Gasteiger partial charge < -0.3 is 10.2 Å². The van der Waals surface area contributed by atoms with Crippen LogP contribution in [0.3, 0.4) is 0 Å². The van der Waals surface area contributed by atoms with Crippen LogP contribution >= 0.6 is 0 Å². The molecule has 1 aromatic heterocycles. The van der Waals surface area contributed by atoms with Gasteiger partial charge in [0.1, 0.15) is 11.6 Å². The average molecular weight is 327 g/mol. The largest absolute Gasteiger partial charge is 0.357 e. The number of aromatic nitrogens is 1. The summed E-state index contributed by atoms with van der Waals surface area (Å²) < 4.78 is 12.9. The Bertz CT molecular complexity index is 677. The fourth-order valence-electron chi connectivity index (χ4n) is 2.88. The molecule has 5 heteroatoms. The molecule has 24 heavy (non-hydrogen) atoms. The van der Waals surface area contributed by atoms with Gasteiger partial charge in [-0.3, -0.25) is 4.79 Å². The molecule has 2 aromatic rings. The first-order chi connectivity index (χ1) is 11.6. The fraction of sp³-hybridized carbons (Fsp3) is 0.368. The highest BCUT2D eigenvalue weighted by Crippen LogP contribution is 2.22. The highest BCUT2D eigenvalue weighted by Gasteiger charge is 2.16. The van der Waals surface area contributed by atoms with Gasteiger partial charge >= 0.3 is 0 Å². The van der Waals surface area contributed by atoms with Gasteiger partial charge in [0.15, 0.2) is 0 Å². The number of rotatable bonds is 4. The zero-order valence-electron chi connectivity index (χ0n) is 13.8. The molecule has 2 heterocycles. The average Bonchev–Trinajstić information content (AvgIpc) is 2.58. The van der Waals surface area contributed by atoms with Crippen LogP contribution in [0.15, 0.2) is 42.6 Å². The van der Waals surface area contributed by atoms with E-state index in [2.05, 4.69) is 22.1 Å². The number of halogens is 1. The second-order valence-corrected chi connectivity index (χ2v) is 6.43. The molecular formula is C19H22FN3O. The molecule has 1 aliphatic heterocycles. The van der Waals surface area contributed by atoms with Gasteiger partial charge in [0, 0.05) is 13.1 Å². The Balaban J connectivity index is 1.55. The second kappa shape index (κ2) is 7.43. The molecule has 1 fully saturated rings. The van der Waals surface area contributed by atoms with E-state index in [1.165, 1.54) is 25.0 Å². The van der Waals surface area contributed by atoms with Gasteiger partial charge in [-0.2, -0.15) is 0 Å². The van der Waals surface area contributed by atoms with Crippen molar-refractivity contribution >= 4 is 17.4 Å². The Morgan fingerprint density at radius 1 is 1.21 bits per heavy atom. The number of nitrogens with zero attached hydrogens (tertiary/aromatic N) is 2. The van der Waals surface area contributed by atoms with E-state index in [1.807, 2.05) is 12.1 Å². The van der Waals surface area contributed by atoms with Crippen LogP contribution in [0, 0.1) is 11.7 Å². The number of nitrogens with one attached hydrogen (secondary N) is 1. The molecule has 126 valence electrons. The summed E-state index contributed by atoms with van der Waals surface area (Å²) in [6.07, 6.45) is 4.29. The monoisotopic (exact) mass is 327 g/mol. The summed E-state index contributed by atoms with van der Waals surface area (Å²) in [7, 11) is 0. The molecule has 0 radical (unpaired) electrons. The maximum absolute atomic E-state index is 12.9. The number of hydrogen-bond acceptors (Lipinski definition) is 3. The lowest BCUT2D eigenvalue weighted by Gasteiger charge is -2.31. The number of hydrogen-bond donors (Lipinski definition) is 1. The first-order valence-electron chi connectivity index (χ1n) is 8.35. The summed E-state index contributed by atoms with van der Waals surface area (Å²) in [6.45, 7) is 4.35. The molecule has 1 aliphatic rings. The summed E-state index contributed by atoms with van der Waals surface area (Å²) in [6, 6.07) is 9.78. The minimum Gasteiger partial charge on any atom is -0.357 e. The lowest BCUT2D eigenvalue weighted by Crippen LogP contribution is -2.33. The number of carbonyl (C=O) groups excluding carboxylic acids is 1. The molecular weight excluding hydrogens is 305 g/mol. The number of anilines is 2. The Morgan fingerprint density at radius 2 is 1.92 bits per heavy atom. The highest BCUT2D eigenvalue weighted by atomic mass is 19.1. The quantitative estimate of drug-likeness (QED) is 0.932. The van der Waals surface area contributed by atoms with Crippen molar-refractivity contribution in [3.8, 4) is 0 Å². The summed E-state index contributed by atoms with van der Waals surface area (Å²) in [5, 5.41) is 2.83. The van der Waals surface area contributed by atoms with Crippen LogP contribution in [0.4, 0.5) is 15.9 Å². The molecule has 0 saturated carbocycles. The van der Waals surface area contributed by atoms with Gasteiger partial charge in [0.05, 0.1) is 18.3 Å². The number of benzene rings is 1. The first-order valence-corrected chi connectivity index (χ1v) is 8.35. The minimum atomic E-state index is -0.300. The van der Waals surface area contributed by atoms with E-state index in [-0.39, 0.29) is 18.1 Å². The van der Waals surface area contributed by atoms with Crippen molar-refractivity contribution in [1.29, 1.82) is 0 Å². The second-order valence-electron chi connectivity index (χ2n) is 6.43. The van der Waals surface area contributed by atoms with E-state index in [0.29, 0.717) is 5.69 Å². The Labute approximate surface area is 141 Å². The summed E-state index contributed by atoms with van der Waals surface area (Å²) in [5.41, 5.74) is 1.46. The van der Waals surface area contributed by atoms with Crippen LogP contribution in [0.5, 0.6) is 0 Å². The van der Waals surface area contributed by atoms with Crippen LogP contribution in [-0.2, 0) is 11.2 Å². The third kappa shape index (κ3) is 4.31. The molecule has 1 N–H and O–H groups in total. The molecule has 0 bridgehead atoms. The third-order valence-electron chi connectivity index (χ3n) is 4.42. The number of pyridine rings is 1. The Kier molecular flexibility index (Phi) is 5.08. The van der Waals surface area contributed by atoms with Crippen molar-refractivity contribution in [2.24, 2.45) is 5.92 Å². The van der Waals surface area contributed by atoms with Crippen molar-refractivity contribution in [3.05, 3.63) is 54.0 Å². The van der Waals surface area contributed by atoms with Gasteiger partial charge in [-0.1, -0.05) is 19.1 Å². The van der Waals surface area contributed by atoms with E-state index in [4.69, 9.17) is 0 Å². The predicted molar refractivity (Wildman–Crippen MR) is 93.6 cm³/mol. The zero-order chi connectivity index (χ0) is 16.9. The smallest absolute Gasteiger partial charge is 0.228 e. The van der Waals surface area contributed by atoms with Crippen LogP contribution in [-0.4, -0.2) is 24.0 Å². The van der Waals surface area contributed by atoms with Gasteiger partial charge in [0.2, 0.25) is 5.91 Å². The van der Waals surface area contributed by atoms with Gasteiger partial charge in [-0.25, -0.2) is 9.37 Å². The molecule has 0 spiro atoms. The van der Waals surface area contributed by atoms with Gasteiger partial charge in [0.25, 0.3) is 0 Å². The number of piperidine rings is 1. The van der Waals surface area contributed by atoms with Gasteiger partial charge in [-0.15, -0.1) is 0 Å². The van der Waals surface area contributed by atoms with Gasteiger partial charge in [-0.05, 0) is 48.6 Å². The number of carbonyl (C=O) groups is 1. The number of amides is 1. The molecule has 0 aliphatic carbocycles. The van der Waals surface area contributed by atoms with E-state index < -0.39 is 0 Å². The summed E-state index contributed by atoms with van der Waals surface area (Å²) in [5.74, 6) is 1.30. The van der Waals surface area contributed by atoms with E-state index >= 15 is 0 Å². The zero-order valence-corrected chi connectivity index (χ0v) is 13.8. The van der Waals surface area contributed by atoms with E-state index in [9.17, 15) is 9.18 Å². The van der Waals surface area contributed by atoms with Crippen LogP contribution < -0.4 is 10.2 Å². The maximum Gasteiger partial charge on any atom is 0.228 e. The Morgan fingerprint density at radius 3 is 2.54 bits per heavy atom. The molecule has 1 saturated heterocycles.